The highest BCUT2D eigenvalue weighted by molar-refractivity contribution is 5.76. The van der Waals surface area contributed by atoms with Gasteiger partial charge in [0.05, 0.1) is 18.8 Å². The fourth-order valence-corrected chi connectivity index (χ4v) is 4.39. The van der Waals surface area contributed by atoms with Crippen molar-refractivity contribution in [3.63, 3.8) is 0 Å². The van der Waals surface area contributed by atoms with E-state index in [0.29, 0.717) is 12.8 Å². The van der Waals surface area contributed by atoms with Gasteiger partial charge in [-0.3, -0.25) is 4.79 Å². The van der Waals surface area contributed by atoms with Gasteiger partial charge in [-0.2, -0.15) is 0 Å². The first-order chi connectivity index (χ1) is 21.7. The van der Waals surface area contributed by atoms with Crippen LogP contribution in [0.15, 0.2) is 97.2 Å². The van der Waals surface area contributed by atoms with Gasteiger partial charge in [-0.15, -0.1) is 0 Å². The molecule has 0 aliphatic heterocycles. The lowest BCUT2D eigenvalue weighted by Crippen LogP contribution is -2.45. The third-order valence-corrected chi connectivity index (χ3v) is 7.06. The summed E-state index contributed by atoms with van der Waals surface area (Å²) in [5.41, 5.74) is 0. The van der Waals surface area contributed by atoms with Crippen molar-refractivity contribution in [3.8, 4) is 0 Å². The molecule has 0 heterocycles. The highest BCUT2D eigenvalue weighted by Crippen LogP contribution is 2.09. The number of hydrogen-bond acceptors (Lipinski definition) is 3. The van der Waals surface area contributed by atoms with Crippen molar-refractivity contribution in [2.45, 2.75) is 142 Å². The number of amides is 1. The summed E-state index contributed by atoms with van der Waals surface area (Å²) in [5.74, 6) is -0.163. The predicted molar refractivity (Wildman–Crippen MR) is 193 cm³/mol. The first kappa shape index (κ1) is 41.3. The van der Waals surface area contributed by atoms with Crippen LogP contribution in [-0.4, -0.2) is 34.9 Å². The van der Waals surface area contributed by atoms with Gasteiger partial charge < -0.3 is 15.5 Å². The summed E-state index contributed by atoms with van der Waals surface area (Å²) >= 11 is 0. The number of hydrogen-bond donors (Lipinski definition) is 3. The van der Waals surface area contributed by atoms with Gasteiger partial charge in [0.15, 0.2) is 0 Å². The predicted octanol–water partition coefficient (Wildman–Crippen LogP) is 10.3. The molecule has 0 fully saturated rings. The topological polar surface area (TPSA) is 69.6 Å². The Hall–Kier alpha value is -2.69. The van der Waals surface area contributed by atoms with Crippen LogP contribution >= 0.6 is 0 Å². The van der Waals surface area contributed by atoms with E-state index in [1.165, 1.54) is 44.9 Å². The number of rotatable bonds is 29. The van der Waals surface area contributed by atoms with Crippen LogP contribution in [0.2, 0.25) is 0 Å². The van der Waals surface area contributed by atoms with Crippen molar-refractivity contribution in [2.24, 2.45) is 0 Å². The normalized spacial score (nSPS) is 14.4. The molecule has 248 valence electrons. The Morgan fingerprint density at radius 1 is 0.568 bits per heavy atom. The molecule has 0 aromatic rings. The second kappa shape index (κ2) is 34.8. The van der Waals surface area contributed by atoms with Crippen LogP contribution in [0, 0.1) is 0 Å². The van der Waals surface area contributed by atoms with Gasteiger partial charge >= 0.3 is 0 Å². The molecule has 0 saturated carbocycles. The maximum atomic E-state index is 12.3. The Bertz CT molecular complexity index is 875. The third kappa shape index (κ3) is 30.8. The summed E-state index contributed by atoms with van der Waals surface area (Å²) in [6.07, 6.45) is 52.1. The van der Waals surface area contributed by atoms with Crippen molar-refractivity contribution >= 4 is 5.91 Å². The van der Waals surface area contributed by atoms with Gasteiger partial charge in [0.25, 0.3) is 0 Å². The Balaban J connectivity index is 3.90. The van der Waals surface area contributed by atoms with Crippen molar-refractivity contribution in [1.82, 2.24) is 5.32 Å². The lowest BCUT2D eigenvalue weighted by molar-refractivity contribution is -0.122. The van der Waals surface area contributed by atoms with Crippen LogP contribution < -0.4 is 5.32 Å². The van der Waals surface area contributed by atoms with E-state index in [1.807, 2.05) is 12.2 Å². The van der Waals surface area contributed by atoms with Crippen LogP contribution in [0.3, 0.4) is 0 Å². The Kier molecular flexibility index (Phi) is 32.7. The fourth-order valence-electron chi connectivity index (χ4n) is 4.39. The summed E-state index contributed by atoms with van der Waals surface area (Å²) < 4.78 is 0. The van der Waals surface area contributed by atoms with E-state index in [4.69, 9.17) is 0 Å². The van der Waals surface area contributed by atoms with Crippen LogP contribution in [0.25, 0.3) is 0 Å². The zero-order valence-electron chi connectivity index (χ0n) is 28.1. The molecule has 0 radical (unpaired) electrons. The van der Waals surface area contributed by atoms with Crippen molar-refractivity contribution in [1.29, 1.82) is 0 Å². The highest BCUT2D eigenvalue weighted by atomic mass is 16.3. The molecule has 3 N–H and O–H groups in total. The van der Waals surface area contributed by atoms with E-state index < -0.39 is 12.1 Å². The summed E-state index contributed by atoms with van der Waals surface area (Å²) in [6, 6.07) is -0.683. The molecule has 4 nitrogen and oxygen atoms in total. The summed E-state index contributed by atoms with van der Waals surface area (Å²) in [7, 11) is 0. The van der Waals surface area contributed by atoms with Crippen LogP contribution in [-0.2, 0) is 4.79 Å². The number of carbonyl (C=O) groups is 1. The zero-order chi connectivity index (χ0) is 32.2. The molecule has 0 aliphatic rings. The van der Waals surface area contributed by atoms with Crippen molar-refractivity contribution < 1.29 is 15.0 Å². The molecule has 0 spiro atoms. The average Bonchev–Trinajstić information content (AvgIpc) is 3.03. The van der Waals surface area contributed by atoms with Gasteiger partial charge in [-0.1, -0.05) is 150 Å². The van der Waals surface area contributed by atoms with Gasteiger partial charge in [-0.25, -0.2) is 0 Å². The Morgan fingerprint density at radius 2 is 1.02 bits per heavy atom. The maximum Gasteiger partial charge on any atom is 0.220 e. The standard InChI is InChI=1S/C40H65NO3/c1-3-5-7-9-11-13-15-17-18-19-20-21-22-24-26-28-30-32-34-36-40(44)41-38(37-42)39(43)35-33-31-29-27-25-23-16-14-12-10-8-6-4-2/h5,7,11,13,17-18,20-21,24-27,30,32-33,35,38-39,42-43H,3-4,6,8-10,12,14-16,19,22-23,28-29,31,34,36-37H2,1-2H3,(H,41,44)/b7-5-,13-11-,18-17-,21-20-,26-24-,27-25+,32-30-,35-33+. The van der Waals surface area contributed by atoms with Gasteiger partial charge in [0.2, 0.25) is 5.91 Å². The number of nitrogens with one attached hydrogen (secondary N) is 1. The van der Waals surface area contributed by atoms with Gasteiger partial charge in [0, 0.05) is 6.42 Å². The number of aliphatic hydroxyl groups excluding tert-OH is 2. The molecule has 44 heavy (non-hydrogen) atoms. The molecular weight excluding hydrogens is 542 g/mol. The monoisotopic (exact) mass is 607 g/mol. The largest absolute Gasteiger partial charge is 0.394 e. The number of carbonyl (C=O) groups excluding carboxylic acids is 1. The quantitative estimate of drug-likeness (QED) is 0.0585. The summed E-state index contributed by atoms with van der Waals surface area (Å²) in [5, 5.41) is 22.7. The molecule has 0 saturated heterocycles. The lowest BCUT2D eigenvalue weighted by Gasteiger charge is -2.19. The average molecular weight is 608 g/mol. The minimum Gasteiger partial charge on any atom is -0.394 e. The van der Waals surface area contributed by atoms with E-state index >= 15 is 0 Å². The van der Waals surface area contributed by atoms with E-state index in [1.54, 1.807) is 6.08 Å². The molecule has 0 aliphatic carbocycles. The molecule has 1 amide bonds. The van der Waals surface area contributed by atoms with E-state index in [9.17, 15) is 15.0 Å². The minimum atomic E-state index is -0.897. The maximum absolute atomic E-state index is 12.3. The summed E-state index contributed by atoms with van der Waals surface area (Å²) in [6.45, 7) is 4.10. The Morgan fingerprint density at radius 3 is 1.57 bits per heavy atom. The molecule has 0 bridgehead atoms. The molecule has 2 unspecified atom stereocenters. The van der Waals surface area contributed by atoms with E-state index in [2.05, 4.69) is 98.2 Å². The van der Waals surface area contributed by atoms with Crippen LogP contribution in [0.4, 0.5) is 0 Å². The second-order valence-electron chi connectivity index (χ2n) is 11.2. The number of aliphatic hydroxyl groups is 2. The molecule has 2 atom stereocenters. The van der Waals surface area contributed by atoms with Crippen molar-refractivity contribution in [2.75, 3.05) is 6.61 Å². The lowest BCUT2D eigenvalue weighted by atomic mass is 10.1. The first-order valence-corrected chi connectivity index (χ1v) is 17.5. The first-order valence-electron chi connectivity index (χ1n) is 17.5. The highest BCUT2D eigenvalue weighted by Gasteiger charge is 2.17. The molecule has 0 aromatic heterocycles. The number of allylic oxidation sites excluding steroid dienone is 15. The smallest absolute Gasteiger partial charge is 0.220 e. The molecular formula is C40H65NO3. The number of unbranched alkanes of at least 4 members (excludes halogenated alkanes) is 8. The molecule has 0 rings (SSSR count). The fraction of sp³-hybridized carbons (Fsp3) is 0.575. The second-order valence-corrected chi connectivity index (χ2v) is 11.2. The zero-order valence-corrected chi connectivity index (χ0v) is 28.1. The van der Waals surface area contributed by atoms with Crippen LogP contribution in [0.5, 0.6) is 0 Å². The molecule has 0 aromatic carbocycles. The van der Waals surface area contributed by atoms with E-state index in [-0.39, 0.29) is 12.5 Å². The Labute approximate surface area is 271 Å². The van der Waals surface area contributed by atoms with Gasteiger partial charge in [0.1, 0.15) is 0 Å². The molecule has 4 heteroatoms. The van der Waals surface area contributed by atoms with Crippen LogP contribution in [0.1, 0.15) is 129 Å². The van der Waals surface area contributed by atoms with Gasteiger partial charge in [-0.05, 0) is 70.6 Å². The van der Waals surface area contributed by atoms with Crippen molar-refractivity contribution in [3.05, 3.63) is 97.2 Å². The van der Waals surface area contributed by atoms with E-state index in [0.717, 1.165) is 57.8 Å². The third-order valence-electron chi connectivity index (χ3n) is 7.06. The summed E-state index contributed by atoms with van der Waals surface area (Å²) in [4.78, 5) is 12.3. The minimum absolute atomic E-state index is 0.163. The SMILES string of the molecule is CC/C=C\C/C=C\C/C=C\C/C=C\C/C=C\C/C=C\CCC(=O)NC(CO)C(O)/C=C/CC/C=C/CCCCCCCCC.